The Morgan fingerprint density at radius 1 is 1.15 bits per heavy atom. The number of para-hydroxylation sites is 1. The molecule has 1 aliphatic heterocycles. The first-order chi connectivity index (χ1) is 13.2. The van der Waals surface area contributed by atoms with Crippen LogP contribution in [0.3, 0.4) is 0 Å². The molecule has 0 unspecified atom stereocenters. The van der Waals surface area contributed by atoms with Gasteiger partial charge in [-0.3, -0.25) is 9.48 Å². The first-order valence-electron chi connectivity index (χ1n) is 8.90. The van der Waals surface area contributed by atoms with Crippen LogP contribution in [0.5, 0.6) is 0 Å². The number of aryl methyl sites for hydroxylation is 1. The highest BCUT2D eigenvalue weighted by atomic mass is 32.1. The molecular formula is C21H18N4OS. The molecule has 0 bridgehead atoms. The first-order valence-corrected chi connectivity index (χ1v) is 9.72. The molecule has 2 aromatic heterocycles. The fourth-order valence-corrected chi connectivity index (χ4v) is 4.70. The Morgan fingerprint density at radius 2 is 1.96 bits per heavy atom. The molecule has 27 heavy (non-hydrogen) atoms. The van der Waals surface area contributed by atoms with Crippen molar-refractivity contribution in [3.05, 3.63) is 82.6 Å². The van der Waals surface area contributed by atoms with E-state index in [0.29, 0.717) is 18.1 Å². The maximum atomic E-state index is 13.2. The van der Waals surface area contributed by atoms with E-state index in [1.807, 2.05) is 59.4 Å². The van der Waals surface area contributed by atoms with E-state index in [2.05, 4.69) is 28.3 Å². The Kier molecular flexibility index (Phi) is 3.79. The minimum absolute atomic E-state index is 0.000377. The fourth-order valence-electron chi connectivity index (χ4n) is 3.77. The molecule has 0 spiro atoms. The van der Waals surface area contributed by atoms with Crippen LogP contribution >= 0.6 is 11.3 Å². The van der Waals surface area contributed by atoms with Crippen molar-refractivity contribution in [2.75, 3.05) is 6.54 Å². The van der Waals surface area contributed by atoms with Crippen molar-refractivity contribution in [3.63, 3.8) is 0 Å². The molecule has 6 heteroatoms. The summed E-state index contributed by atoms with van der Waals surface area (Å²) in [5.74, 6) is 0.126. The van der Waals surface area contributed by atoms with Gasteiger partial charge in [0.1, 0.15) is 0 Å². The lowest BCUT2D eigenvalue weighted by atomic mass is 9.86. The third kappa shape index (κ3) is 2.82. The van der Waals surface area contributed by atoms with Gasteiger partial charge in [0.15, 0.2) is 5.01 Å². The second-order valence-corrected chi connectivity index (χ2v) is 7.90. The average Bonchev–Trinajstić information content (AvgIpc) is 3.32. The molecule has 0 radical (unpaired) electrons. The van der Waals surface area contributed by atoms with Gasteiger partial charge < -0.3 is 4.90 Å². The second kappa shape index (κ2) is 6.32. The number of amides is 1. The molecule has 0 saturated heterocycles. The van der Waals surface area contributed by atoms with Gasteiger partial charge in [-0.25, -0.2) is 4.98 Å². The molecule has 1 aliphatic rings. The van der Waals surface area contributed by atoms with Crippen LogP contribution in [0.1, 0.15) is 32.4 Å². The zero-order chi connectivity index (χ0) is 18.4. The van der Waals surface area contributed by atoms with E-state index < -0.39 is 0 Å². The molecule has 1 atom stereocenters. The summed E-state index contributed by atoms with van der Waals surface area (Å²) >= 11 is 1.46. The van der Waals surface area contributed by atoms with Crippen LogP contribution in [-0.4, -0.2) is 32.1 Å². The summed E-state index contributed by atoms with van der Waals surface area (Å²) in [6, 6.07) is 16.2. The van der Waals surface area contributed by atoms with Crippen molar-refractivity contribution in [2.24, 2.45) is 7.05 Å². The standard InChI is InChI=1S/C21H18N4OS/c1-24-11-15(10-22-24)17-13-25(12-14-6-2-3-7-16(14)17)21(26)20-23-18-8-4-5-9-19(18)27-20/h2-11,17H,12-13H2,1H3/t17-/m1/s1. The molecule has 3 heterocycles. The summed E-state index contributed by atoms with van der Waals surface area (Å²) in [5, 5.41) is 4.88. The number of carbonyl (C=O) groups excluding carboxylic acids is 1. The summed E-state index contributed by atoms with van der Waals surface area (Å²) in [5.41, 5.74) is 4.48. The van der Waals surface area contributed by atoms with Crippen molar-refractivity contribution in [1.82, 2.24) is 19.7 Å². The normalized spacial score (nSPS) is 16.5. The molecule has 0 saturated carbocycles. The van der Waals surface area contributed by atoms with Crippen molar-refractivity contribution < 1.29 is 4.79 Å². The summed E-state index contributed by atoms with van der Waals surface area (Å²) in [6.07, 6.45) is 3.93. The first kappa shape index (κ1) is 16.2. The molecule has 5 nitrogen and oxygen atoms in total. The lowest BCUT2D eigenvalue weighted by Crippen LogP contribution is -2.38. The summed E-state index contributed by atoms with van der Waals surface area (Å²) in [7, 11) is 1.92. The third-order valence-corrected chi connectivity index (χ3v) is 6.11. The maximum Gasteiger partial charge on any atom is 0.283 e. The molecule has 4 aromatic rings. The Balaban J connectivity index is 1.52. The van der Waals surface area contributed by atoms with Gasteiger partial charge in [-0.2, -0.15) is 5.10 Å². The Bertz CT molecular complexity index is 1110. The zero-order valence-electron chi connectivity index (χ0n) is 14.9. The second-order valence-electron chi connectivity index (χ2n) is 6.87. The van der Waals surface area contributed by atoms with Crippen molar-refractivity contribution in [2.45, 2.75) is 12.5 Å². The molecule has 134 valence electrons. The molecule has 5 rings (SSSR count). The van der Waals surface area contributed by atoms with E-state index in [-0.39, 0.29) is 11.8 Å². The summed E-state index contributed by atoms with van der Waals surface area (Å²) in [4.78, 5) is 19.7. The highest BCUT2D eigenvalue weighted by molar-refractivity contribution is 7.20. The number of benzene rings is 2. The summed E-state index contributed by atoms with van der Waals surface area (Å²) < 4.78 is 2.86. The fraction of sp³-hybridized carbons (Fsp3) is 0.190. The van der Waals surface area contributed by atoms with Gasteiger partial charge in [0, 0.05) is 32.3 Å². The number of aromatic nitrogens is 3. The van der Waals surface area contributed by atoms with Gasteiger partial charge >= 0.3 is 0 Å². The van der Waals surface area contributed by atoms with E-state index in [9.17, 15) is 4.79 Å². The summed E-state index contributed by atoms with van der Waals surface area (Å²) in [6.45, 7) is 1.25. The molecule has 0 N–H and O–H groups in total. The molecule has 2 aromatic carbocycles. The Labute approximate surface area is 160 Å². The highest BCUT2D eigenvalue weighted by Crippen LogP contribution is 2.34. The van der Waals surface area contributed by atoms with Crippen molar-refractivity contribution in [1.29, 1.82) is 0 Å². The van der Waals surface area contributed by atoms with Gasteiger partial charge in [-0.1, -0.05) is 36.4 Å². The van der Waals surface area contributed by atoms with E-state index in [0.717, 1.165) is 15.8 Å². The lowest BCUT2D eigenvalue weighted by Gasteiger charge is -2.34. The van der Waals surface area contributed by atoms with Gasteiger partial charge in [0.05, 0.1) is 16.4 Å². The smallest absolute Gasteiger partial charge is 0.283 e. The predicted octanol–water partition coefficient (Wildman–Crippen LogP) is 3.82. The van der Waals surface area contributed by atoms with Crippen LogP contribution in [0.25, 0.3) is 10.2 Å². The van der Waals surface area contributed by atoms with E-state index in [1.54, 1.807) is 0 Å². The average molecular weight is 374 g/mol. The number of hydrogen-bond acceptors (Lipinski definition) is 4. The van der Waals surface area contributed by atoms with Crippen molar-refractivity contribution >= 4 is 27.5 Å². The van der Waals surface area contributed by atoms with E-state index in [1.165, 1.54) is 22.5 Å². The minimum Gasteiger partial charge on any atom is -0.331 e. The number of rotatable bonds is 2. The minimum atomic E-state index is -0.000377. The Hall–Kier alpha value is -2.99. The molecular weight excluding hydrogens is 356 g/mol. The quantitative estimate of drug-likeness (QED) is 0.536. The van der Waals surface area contributed by atoms with Gasteiger partial charge in [-0.15, -0.1) is 11.3 Å². The lowest BCUT2D eigenvalue weighted by molar-refractivity contribution is 0.0725. The maximum absolute atomic E-state index is 13.2. The monoisotopic (exact) mass is 374 g/mol. The SMILES string of the molecule is Cn1cc([C@H]2CN(C(=O)c3nc4ccccc4s3)Cc3ccccc32)cn1. The van der Waals surface area contributed by atoms with Gasteiger partial charge in [0.25, 0.3) is 5.91 Å². The Morgan fingerprint density at radius 3 is 2.78 bits per heavy atom. The largest absolute Gasteiger partial charge is 0.331 e. The van der Waals surface area contributed by atoms with Gasteiger partial charge in [-0.05, 0) is 28.8 Å². The highest BCUT2D eigenvalue weighted by Gasteiger charge is 2.31. The number of carbonyl (C=O) groups is 1. The van der Waals surface area contributed by atoms with Crippen LogP contribution in [-0.2, 0) is 13.6 Å². The van der Waals surface area contributed by atoms with E-state index in [4.69, 9.17) is 0 Å². The van der Waals surface area contributed by atoms with E-state index >= 15 is 0 Å². The van der Waals surface area contributed by atoms with Crippen LogP contribution in [0, 0.1) is 0 Å². The van der Waals surface area contributed by atoms with Crippen LogP contribution in [0.2, 0.25) is 0 Å². The zero-order valence-corrected chi connectivity index (χ0v) is 15.7. The number of hydrogen-bond donors (Lipinski definition) is 0. The number of nitrogens with zero attached hydrogens (tertiary/aromatic N) is 4. The molecule has 0 aliphatic carbocycles. The molecule has 1 amide bonds. The number of thiazole rings is 1. The van der Waals surface area contributed by atoms with Crippen LogP contribution in [0.15, 0.2) is 60.9 Å². The van der Waals surface area contributed by atoms with Crippen LogP contribution < -0.4 is 0 Å². The number of fused-ring (bicyclic) bond motifs is 2. The third-order valence-electron chi connectivity index (χ3n) is 5.09. The van der Waals surface area contributed by atoms with Gasteiger partial charge in [0.2, 0.25) is 0 Å². The van der Waals surface area contributed by atoms with Crippen LogP contribution in [0.4, 0.5) is 0 Å². The van der Waals surface area contributed by atoms with Crippen molar-refractivity contribution in [3.8, 4) is 0 Å². The topological polar surface area (TPSA) is 51.0 Å². The predicted molar refractivity (Wildman–Crippen MR) is 106 cm³/mol. The molecule has 0 fully saturated rings.